The van der Waals surface area contributed by atoms with E-state index in [1.165, 1.54) is 25.0 Å². The summed E-state index contributed by atoms with van der Waals surface area (Å²) in [5, 5.41) is 0. The van der Waals surface area contributed by atoms with Gasteiger partial charge in [0.25, 0.3) is 0 Å². The average molecular weight is 324 g/mol. The molecule has 1 aliphatic rings. The van der Waals surface area contributed by atoms with Crippen molar-refractivity contribution in [1.29, 1.82) is 0 Å². The molecule has 0 spiro atoms. The summed E-state index contributed by atoms with van der Waals surface area (Å²) in [6, 6.07) is 4.38. The van der Waals surface area contributed by atoms with Gasteiger partial charge in [0.05, 0.1) is 0 Å². The van der Waals surface area contributed by atoms with Crippen molar-refractivity contribution in [2.24, 2.45) is 0 Å². The van der Waals surface area contributed by atoms with E-state index in [-0.39, 0.29) is 5.75 Å². The molecule has 1 aliphatic heterocycles. The van der Waals surface area contributed by atoms with Crippen LogP contribution in [0.1, 0.15) is 18.4 Å². The summed E-state index contributed by atoms with van der Waals surface area (Å²) in [6.45, 7) is 2.85. The van der Waals surface area contributed by atoms with Crippen LogP contribution in [0.2, 0.25) is 0 Å². The first-order chi connectivity index (χ1) is 8.44. The molecule has 0 amide bonds. The number of benzene rings is 1. The Morgan fingerprint density at radius 3 is 2.44 bits per heavy atom. The third kappa shape index (κ3) is 3.88. The Bertz CT molecular complexity index is 416. The standard InChI is InChI=1S/C12H13BrF3NO/c13-11-7-10(18-12(14,15)16)4-3-9(11)8-17-5-1-2-6-17/h3-4,7H,1-2,5-6,8H2. The fourth-order valence-electron chi connectivity index (χ4n) is 2.04. The van der Waals surface area contributed by atoms with Gasteiger partial charge in [-0.3, -0.25) is 4.90 Å². The lowest BCUT2D eigenvalue weighted by Crippen LogP contribution is -2.19. The number of alkyl halides is 3. The van der Waals surface area contributed by atoms with Gasteiger partial charge in [0.1, 0.15) is 5.75 Å². The maximum Gasteiger partial charge on any atom is 0.573 e. The second-order valence-corrected chi connectivity index (χ2v) is 5.14. The number of halogens is 4. The van der Waals surface area contributed by atoms with Gasteiger partial charge in [0.15, 0.2) is 0 Å². The summed E-state index contributed by atoms with van der Waals surface area (Å²) in [7, 11) is 0. The number of hydrogen-bond acceptors (Lipinski definition) is 2. The maximum atomic E-state index is 12.1. The molecule has 1 saturated heterocycles. The van der Waals surface area contributed by atoms with E-state index in [4.69, 9.17) is 0 Å². The fourth-order valence-corrected chi connectivity index (χ4v) is 2.52. The first kappa shape index (κ1) is 13.7. The molecular formula is C12H13BrF3NO. The molecule has 6 heteroatoms. The van der Waals surface area contributed by atoms with Crippen LogP contribution in [0.4, 0.5) is 13.2 Å². The quantitative estimate of drug-likeness (QED) is 0.835. The molecule has 0 bridgehead atoms. The third-order valence-corrected chi connectivity index (χ3v) is 3.59. The highest BCUT2D eigenvalue weighted by molar-refractivity contribution is 9.10. The lowest BCUT2D eigenvalue weighted by Gasteiger charge is -2.16. The van der Waals surface area contributed by atoms with Gasteiger partial charge in [-0.15, -0.1) is 13.2 Å². The predicted octanol–water partition coefficient (Wildman–Crippen LogP) is 3.94. The van der Waals surface area contributed by atoms with Gasteiger partial charge in [0, 0.05) is 11.0 Å². The minimum atomic E-state index is -4.64. The second-order valence-electron chi connectivity index (χ2n) is 4.28. The van der Waals surface area contributed by atoms with Crippen molar-refractivity contribution in [2.75, 3.05) is 13.1 Å². The Morgan fingerprint density at radius 1 is 1.22 bits per heavy atom. The fraction of sp³-hybridized carbons (Fsp3) is 0.500. The molecule has 18 heavy (non-hydrogen) atoms. The van der Waals surface area contributed by atoms with Crippen LogP contribution in [-0.2, 0) is 6.54 Å². The van der Waals surface area contributed by atoms with Crippen molar-refractivity contribution in [3.05, 3.63) is 28.2 Å². The molecular weight excluding hydrogens is 311 g/mol. The molecule has 2 rings (SSSR count). The third-order valence-electron chi connectivity index (χ3n) is 2.85. The van der Waals surface area contributed by atoms with E-state index >= 15 is 0 Å². The molecule has 0 atom stereocenters. The topological polar surface area (TPSA) is 12.5 Å². The molecule has 100 valence electrons. The molecule has 1 fully saturated rings. The van der Waals surface area contributed by atoms with Crippen LogP contribution >= 0.6 is 15.9 Å². The van der Waals surface area contributed by atoms with Gasteiger partial charge < -0.3 is 4.74 Å². The van der Waals surface area contributed by atoms with Crippen molar-refractivity contribution < 1.29 is 17.9 Å². The zero-order chi connectivity index (χ0) is 13.2. The Kier molecular flexibility index (Phi) is 4.17. The van der Waals surface area contributed by atoms with Crippen LogP contribution in [0.5, 0.6) is 5.75 Å². The van der Waals surface area contributed by atoms with E-state index in [0.29, 0.717) is 4.47 Å². The van der Waals surface area contributed by atoms with E-state index in [0.717, 1.165) is 25.2 Å². The average Bonchev–Trinajstić information content (AvgIpc) is 2.72. The van der Waals surface area contributed by atoms with E-state index in [9.17, 15) is 13.2 Å². The summed E-state index contributed by atoms with van der Waals surface area (Å²) in [5.41, 5.74) is 0.978. The Balaban J connectivity index is 2.04. The molecule has 0 aromatic heterocycles. The van der Waals surface area contributed by atoms with Crippen molar-refractivity contribution in [3.8, 4) is 5.75 Å². The van der Waals surface area contributed by atoms with E-state index < -0.39 is 6.36 Å². The van der Waals surface area contributed by atoms with Gasteiger partial charge in [0.2, 0.25) is 0 Å². The highest BCUT2D eigenvalue weighted by Crippen LogP contribution is 2.29. The van der Waals surface area contributed by atoms with Crippen molar-refractivity contribution >= 4 is 15.9 Å². The molecule has 2 nitrogen and oxygen atoms in total. The molecule has 0 radical (unpaired) electrons. The highest BCUT2D eigenvalue weighted by atomic mass is 79.9. The van der Waals surface area contributed by atoms with Gasteiger partial charge in [-0.25, -0.2) is 0 Å². The van der Waals surface area contributed by atoms with Crippen LogP contribution in [-0.4, -0.2) is 24.4 Å². The Labute approximate surface area is 112 Å². The van der Waals surface area contributed by atoms with Crippen molar-refractivity contribution in [2.45, 2.75) is 25.7 Å². The smallest absolute Gasteiger partial charge is 0.406 e. The van der Waals surface area contributed by atoms with Crippen molar-refractivity contribution in [1.82, 2.24) is 4.90 Å². The minimum absolute atomic E-state index is 0.195. The predicted molar refractivity (Wildman–Crippen MR) is 65.3 cm³/mol. The van der Waals surface area contributed by atoms with Crippen LogP contribution in [0.3, 0.4) is 0 Å². The maximum absolute atomic E-state index is 12.1. The summed E-state index contributed by atoms with van der Waals surface area (Å²) >= 11 is 3.29. The van der Waals surface area contributed by atoms with Crippen LogP contribution < -0.4 is 4.74 Å². The first-order valence-corrected chi connectivity index (χ1v) is 6.50. The summed E-state index contributed by atoms with van der Waals surface area (Å²) in [5.74, 6) is -0.195. The molecule has 1 heterocycles. The lowest BCUT2D eigenvalue weighted by atomic mass is 10.2. The normalized spacial score (nSPS) is 17.1. The molecule has 1 aromatic carbocycles. The SMILES string of the molecule is FC(F)(F)Oc1ccc(CN2CCCC2)c(Br)c1. The number of rotatable bonds is 3. The second kappa shape index (κ2) is 5.48. The molecule has 0 unspecified atom stereocenters. The zero-order valence-electron chi connectivity index (χ0n) is 9.63. The van der Waals surface area contributed by atoms with E-state index in [1.807, 2.05) is 0 Å². The van der Waals surface area contributed by atoms with E-state index in [2.05, 4.69) is 25.6 Å². The molecule has 0 saturated carbocycles. The molecule has 0 aliphatic carbocycles. The van der Waals surface area contributed by atoms with Gasteiger partial charge in [-0.2, -0.15) is 0 Å². The van der Waals surface area contributed by atoms with Gasteiger partial charge in [-0.05, 0) is 43.6 Å². The molecule has 0 N–H and O–H groups in total. The monoisotopic (exact) mass is 323 g/mol. The molecule has 1 aromatic rings. The number of ether oxygens (including phenoxy) is 1. The van der Waals surface area contributed by atoms with E-state index in [1.54, 1.807) is 6.07 Å². The Morgan fingerprint density at radius 2 is 1.89 bits per heavy atom. The highest BCUT2D eigenvalue weighted by Gasteiger charge is 2.31. The lowest BCUT2D eigenvalue weighted by molar-refractivity contribution is -0.274. The zero-order valence-corrected chi connectivity index (χ0v) is 11.2. The number of hydrogen-bond donors (Lipinski definition) is 0. The summed E-state index contributed by atoms with van der Waals surface area (Å²) in [4.78, 5) is 2.28. The number of likely N-dealkylation sites (tertiary alicyclic amines) is 1. The summed E-state index contributed by atoms with van der Waals surface area (Å²) in [6.07, 6.45) is -2.27. The Hall–Kier alpha value is -0.750. The van der Waals surface area contributed by atoms with Crippen LogP contribution in [0.25, 0.3) is 0 Å². The van der Waals surface area contributed by atoms with Gasteiger partial charge >= 0.3 is 6.36 Å². The van der Waals surface area contributed by atoms with Crippen LogP contribution in [0, 0.1) is 0 Å². The summed E-state index contributed by atoms with van der Waals surface area (Å²) < 4.78 is 40.7. The van der Waals surface area contributed by atoms with Gasteiger partial charge in [-0.1, -0.05) is 22.0 Å². The van der Waals surface area contributed by atoms with Crippen LogP contribution in [0.15, 0.2) is 22.7 Å². The van der Waals surface area contributed by atoms with Crippen molar-refractivity contribution in [3.63, 3.8) is 0 Å². The minimum Gasteiger partial charge on any atom is -0.406 e. The first-order valence-electron chi connectivity index (χ1n) is 5.70. The number of nitrogens with zero attached hydrogens (tertiary/aromatic N) is 1. The largest absolute Gasteiger partial charge is 0.573 e.